The SMILES string of the molecule is C=CCSCC1Nc2cc(Cl)c(S(N)(=O)=O)cc2S(=O)(=O)N1.CC(=O)S[C@@H]1CC2=CC(=O)CC[C@]2(C)[C@H]2CC[C@@]3(C)[C@@H](CCC3(O)CCC(=O)O)[C@H]12. The molecule has 1 aromatic carbocycles. The third-order valence-electron chi connectivity index (χ3n) is 12.1. The summed E-state index contributed by atoms with van der Waals surface area (Å²) in [6.45, 7) is 9.68. The molecule has 8 atom stereocenters. The molecule has 0 spiro atoms. The highest BCUT2D eigenvalue weighted by Gasteiger charge is 2.65. The minimum atomic E-state index is -4.12. The summed E-state index contributed by atoms with van der Waals surface area (Å²) < 4.78 is 49.8. The molecule has 6 N–H and O–H groups in total. The maximum Gasteiger partial charge on any atom is 0.303 e. The van der Waals surface area contributed by atoms with E-state index < -0.39 is 42.7 Å². The van der Waals surface area contributed by atoms with Gasteiger partial charge in [0.25, 0.3) is 0 Å². The predicted octanol–water partition coefficient (Wildman–Crippen LogP) is 5.31. The van der Waals surface area contributed by atoms with Gasteiger partial charge in [0.15, 0.2) is 10.9 Å². The Kier molecular flexibility index (Phi) is 12.1. The van der Waals surface area contributed by atoms with Crippen LogP contribution in [0.25, 0.3) is 0 Å². The fourth-order valence-corrected chi connectivity index (χ4v) is 14.1. The van der Waals surface area contributed by atoms with Gasteiger partial charge in [0.05, 0.1) is 22.5 Å². The Morgan fingerprint density at radius 2 is 1.87 bits per heavy atom. The van der Waals surface area contributed by atoms with E-state index in [2.05, 4.69) is 30.5 Å². The smallest absolute Gasteiger partial charge is 0.303 e. The summed E-state index contributed by atoms with van der Waals surface area (Å²) in [5.74, 6) is 1.49. The van der Waals surface area contributed by atoms with Crippen molar-refractivity contribution in [2.75, 3.05) is 16.8 Å². The second kappa shape index (κ2) is 15.3. The number of hydrogen-bond acceptors (Lipinski definition) is 11. The molecule has 0 aromatic heterocycles. The summed E-state index contributed by atoms with van der Waals surface area (Å²) in [5, 5.41) is 28.9. The van der Waals surface area contributed by atoms with Crippen LogP contribution in [0.1, 0.15) is 78.6 Å². The highest BCUT2D eigenvalue weighted by atomic mass is 35.5. The Hall–Kier alpha value is -1.92. The van der Waals surface area contributed by atoms with Crippen LogP contribution in [0.4, 0.5) is 5.69 Å². The van der Waals surface area contributed by atoms with Gasteiger partial charge in [-0.2, -0.15) is 16.5 Å². The molecule has 288 valence electrons. The zero-order chi connectivity index (χ0) is 38.4. The molecule has 17 heteroatoms. The lowest BCUT2D eigenvalue weighted by molar-refractivity contribution is -0.146. The molecule has 12 nitrogen and oxygen atoms in total. The van der Waals surface area contributed by atoms with Gasteiger partial charge >= 0.3 is 5.97 Å². The van der Waals surface area contributed by atoms with E-state index in [0.29, 0.717) is 42.6 Å². The van der Waals surface area contributed by atoms with Gasteiger partial charge in [-0.25, -0.2) is 22.0 Å². The molecule has 6 rings (SSSR count). The number of aliphatic hydroxyl groups is 1. The van der Waals surface area contributed by atoms with Gasteiger partial charge in [-0.1, -0.05) is 48.9 Å². The summed E-state index contributed by atoms with van der Waals surface area (Å²) in [4.78, 5) is 34.9. The average molecular weight is 819 g/mol. The van der Waals surface area contributed by atoms with Gasteiger partial charge in [-0.05, 0) is 91.7 Å². The third-order valence-corrected chi connectivity index (χ3v) is 17.2. The van der Waals surface area contributed by atoms with Crippen LogP contribution >= 0.6 is 35.1 Å². The first-order valence-corrected chi connectivity index (χ1v) is 22.8. The molecule has 3 fully saturated rings. The number of rotatable bonds is 9. The summed E-state index contributed by atoms with van der Waals surface area (Å²) in [6.07, 6.45) is 8.95. The Morgan fingerprint density at radius 1 is 1.17 bits per heavy atom. The topological polar surface area (TPSA) is 210 Å². The average Bonchev–Trinajstić information content (AvgIpc) is 3.30. The molecule has 0 bridgehead atoms. The van der Waals surface area contributed by atoms with E-state index in [9.17, 15) is 41.4 Å². The highest BCUT2D eigenvalue weighted by molar-refractivity contribution is 8.14. The van der Waals surface area contributed by atoms with E-state index in [1.807, 2.05) is 6.08 Å². The molecule has 1 heterocycles. The van der Waals surface area contributed by atoms with Crippen LogP contribution in [-0.2, 0) is 34.4 Å². The molecule has 5 aliphatic rings. The number of halogens is 1. The zero-order valence-corrected chi connectivity index (χ0v) is 33.5. The number of nitrogens with two attached hydrogens (primary N) is 1. The van der Waals surface area contributed by atoms with Crippen molar-refractivity contribution >= 4 is 77.7 Å². The van der Waals surface area contributed by atoms with Crippen molar-refractivity contribution in [3.8, 4) is 0 Å². The zero-order valence-electron chi connectivity index (χ0n) is 29.5. The van der Waals surface area contributed by atoms with Gasteiger partial charge in [-0.3, -0.25) is 14.4 Å². The van der Waals surface area contributed by atoms with Crippen LogP contribution in [0.2, 0.25) is 5.02 Å². The quantitative estimate of drug-likeness (QED) is 0.159. The van der Waals surface area contributed by atoms with Crippen molar-refractivity contribution < 1.29 is 41.4 Å². The Labute approximate surface area is 319 Å². The van der Waals surface area contributed by atoms with Crippen molar-refractivity contribution in [3.63, 3.8) is 0 Å². The number of nitrogens with one attached hydrogen (secondary N) is 2. The largest absolute Gasteiger partial charge is 0.481 e. The number of ketones is 1. The number of allylic oxidation sites excluding steroid dienone is 1. The minimum absolute atomic E-state index is 0.00444. The second-order valence-corrected chi connectivity index (χ2v) is 21.2. The number of primary sulfonamides is 1. The van der Waals surface area contributed by atoms with Crippen molar-refractivity contribution in [1.29, 1.82) is 0 Å². The Morgan fingerprint density at radius 3 is 2.50 bits per heavy atom. The number of carbonyl (C=O) groups is 3. The molecule has 0 saturated heterocycles. The van der Waals surface area contributed by atoms with Gasteiger partial charge in [0, 0.05) is 36.5 Å². The maximum absolute atomic E-state index is 12.2. The standard InChI is InChI=1S/C24H34O5S.C11H14ClN3O4S3/c1-14(25)30-19-13-15-12-16(26)4-8-22(15,2)17-5-9-23(3)18(21(17)19)6-10-24(23,29)11-7-20(27)28;1-2-3-20-6-11-14-8-4-7(12)9(21(13,16)17)5-10(8)22(18,19)15-11/h12,17-19,21,29H,4-11,13H2,1-3H3,(H,27,28);2,4-5,11,14-15H,1,3,6H2,(H2,13,16,17)/t17-,18-,19+,21+,22-,23-,24?;/m0./s1. The van der Waals surface area contributed by atoms with Crippen LogP contribution in [0.15, 0.2) is 46.2 Å². The predicted molar refractivity (Wildman–Crippen MR) is 204 cm³/mol. The van der Waals surface area contributed by atoms with Crippen molar-refractivity contribution in [2.24, 2.45) is 33.7 Å². The molecule has 4 aliphatic carbocycles. The number of carboxylic acids is 1. The Bertz CT molecular complexity index is 1890. The van der Waals surface area contributed by atoms with Crippen LogP contribution in [0.5, 0.6) is 0 Å². The van der Waals surface area contributed by atoms with E-state index in [1.165, 1.54) is 35.2 Å². The summed E-state index contributed by atoms with van der Waals surface area (Å²) in [6, 6.07) is 2.20. The van der Waals surface area contributed by atoms with Gasteiger partial charge in [0.1, 0.15) is 9.79 Å². The number of carboxylic acid groups (broad SMARTS) is 1. The third kappa shape index (κ3) is 8.05. The number of sulfonamides is 2. The second-order valence-electron chi connectivity index (χ2n) is 15.1. The summed E-state index contributed by atoms with van der Waals surface area (Å²) in [7, 11) is -7.97. The number of hydrogen-bond donors (Lipinski definition) is 5. The first kappa shape index (κ1) is 41.2. The van der Waals surface area contributed by atoms with Crippen LogP contribution in [-0.4, -0.2) is 72.4 Å². The van der Waals surface area contributed by atoms with E-state index in [-0.39, 0.29) is 54.9 Å². The van der Waals surface area contributed by atoms with Crippen LogP contribution in [0, 0.1) is 28.6 Å². The number of aliphatic carboxylic acids is 1. The van der Waals surface area contributed by atoms with E-state index in [1.54, 1.807) is 13.0 Å². The number of fused-ring (bicyclic) bond motifs is 6. The van der Waals surface area contributed by atoms with Crippen LogP contribution in [0.3, 0.4) is 0 Å². The molecule has 1 aliphatic heterocycles. The molecular formula is C35H48ClN3O9S4. The number of carbonyl (C=O) groups excluding carboxylic acids is 2. The van der Waals surface area contributed by atoms with Gasteiger partial charge in [0.2, 0.25) is 20.0 Å². The molecule has 0 radical (unpaired) electrons. The lowest BCUT2D eigenvalue weighted by Crippen LogP contribution is -2.58. The first-order chi connectivity index (χ1) is 24.1. The van der Waals surface area contributed by atoms with Gasteiger partial charge < -0.3 is 15.5 Å². The van der Waals surface area contributed by atoms with Crippen LogP contribution < -0.4 is 15.2 Å². The molecule has 52 heavy (non-hydrogen) atoms. The lowest BCUT2D eigenvalue weighted by Gasteiger charge is -2.61. The van der Waals surface area contributed by atoms with Crippen molar-refractivity contribution in [3.05, 3.63) is 41.5 Å². The molecular weight excluding hydrogens is 770 g/mol. The number of anilines is 1. The summed E-state index contributed by atoms with van der Waals surface area (Å²) in [5.41, 5.74) is 0.185. The summed E-state index contributed by atoms with van der Waals surface area (Å²) >= 11 is 8.79. The lowest BCUT2D eigenvalue weighted by atomic mass is 9.46. The monoisotopic (exact) mass is 817 g/mol. The fraction of sp³-hybridized carbons (Fsp3) is 0.629. The van der Waals surface area contributed by atoms with E-state index in [4.69, 9.17) is 16.7 Å². The first-order valence-electron chi connectivity index (χ1n) is 17.3. The highest BCUT2D eigenvalue weighted by Crippen LogP contribution is 2.69. The van der Waals surface area contributed by atoms with E-state index >= 15 is 0 Å². The van der Waals surface area contributed by atoms with Crippen molar-refractivity contribution in [2.45, 2.75) is 105 Å². The fourth-order valence-electron chi connectivity index (χ4n) is 9.57. The molecule has 2 unspecified atom stereocenters. The molecule has 3 saturated carbocycles. The number of benzene rings is 1. The normalized spacial score (nSPS) is 34.5. The number of thioether (sulfide) groups is 2. The molecule has 1 aromatic rings. The Balaban J connectivity index is 0.000000212. The minimum Gasteiger partial charge on any atom is -0.481 e. The molecule has 0 amide bonds. The van der Waals surface area contributed by atoms with Crippen molar-refractivity contribution in [1.82, 2.24) is 4.72 Å². The van der Waals surface area contributed by atoms with Gasteiger partial charge in [-0.15, -0.1) is 6.58 Å². The maximum atomic E-state index is 12.2. The van der Waals surface area contributed by atoms with E-state index in [0.717, 1.165) is 38.2 Å².